The van der Waals surface area contributed by atoms with Crippen LogP contribution in [0.5, 0.6) is 0 Å². The SMILES string of the molecule is C/C(C(=O)O)=C(/C)P(=O)(O)O. The van der Waals surface area contributed by atoms with Crippen LogP contribution in [0.25, 0.3) is 0 Å². The molecule has 0 rings (SSSR count). The molecule has 0 saturated heterocycles. The molecule has 0 aromatic rings. The molecular weight excluding hydrogens is 171 g/mol. The van der Waals surface area contributed by atoms with Gasteiger partial charge in [-0.1, -0.05) is 0 Å². The van der Waals surface area contributed by atoms with Crippen molar-refractivity contribution in [2.24, 2.45) is 0 Å². The average Bonchev–Trinajstić information content (AvgIpc) is 1.82. The van der Waals surface area contributed by atoms with Gasteiger partial charge in [0.05, 0.1) is 0 Å². The molecular formula is C5H9O5P. The van der Waals surface area contributed by atoms with Crippen molar-refractivity contribution >= 4 is 13.6 Å². The molecule has 0 aliphatic heterocycles. The van der Waals surface area contributed by atoms with E-state index >= 15 is 0 Å². The minimum Gasteiger partial charge on any atom is -0.478 e. The van der Waals surface area contributed by atoms with Gasteiger partial charge in [-0.2, -0.15) is 0 Å². The Kier molecular flexibility index (Phi) is 2.99. The van der Waals surface area contributed by atoms with Crippen molar-refractivity contribution in [3.63, 3.8) is 0 Å². The van der Waals surface area contributed by atoms with Crippen molar-refractivity contribution < 1.29 is 24.3 Å². The van der Waals surface area contributed by atoms with Crippen molar-refractivity contribution in [1.82, 2.24) is 0 Å². The Bertz CT molecular complexity index is 248. The molecule has 0 fully saturated rings. The van der Waals surface area contributed by atoms with Crippen molar-refractivity contribution in [3.05, 3.63) is 10.9 Å². The fraction of sp³-hybridized carbons (Fsp3) is 0.400. The zero-order valence-corrected chi connectivity index (χ0v) is 7.00. The molecule has 0 aromatic heterocycles. The highest BCUT2D eigenvalue weighted by Gasteiger charge is 2.21. The maximum absolute atomic E-state index is 10.5. The second-order valence-corrected chi connectivity index (χ2v) is 3.82. The first-order chi connectivity index (χ1) is 4.76. The minimum absolute atomic E-state index is 0.307. The van der Waals surface area contributed by atoms with E-state index in [1.807, 2.05) is 0 Å². The fourth-order valence-corrected chi connectivity index (χ4v) is 0.906. The van der Waals surface area contributed by atoms with Gasteiger partial charge in [-0.25, -0.2) is 4.79 Å². The summed E-state index contributed by atoms with van der Waals surface area (Å²) in [6.07, 6.45) is 0. The summed E-state index contributed by atoms with van der Waals surface area (Å²) >= 11 is 0. The average molecular weight is 180 g/mol. The van der Waals surface area contributed by atoms with E-state index in [0.29, 0.717) is 0 Å². The number of carboxylic acids is 1. The summed E-state index contributed by atoms with van der Waals surface area (Å²) in [5.74, 6) is -1.31. The summed E-state index contributed by atoms with van der Waals surface area (Å²) in [5.41, 5.74) is -0.307. The van der Waals surface area contributed by atoms with Crippen LogP contribution in [0.3, 0.4) is 0 Å². The van der Waals surface area contributed by atoms with E-state index in [0.717, 1.165) is 13.8 Å². The molecule has 0 unspecified atom stereocenters. The van der Waals surface area contributed by atoms with E-state index < -0.39 is 18.9 Å². The molecule has 0 amide bonds. The summed E-state index contributed by atoms with van der Waals surface area (Å²) in [5, 5.41) is 7.92. The molecule has 3 N–H and O–H groups in total. The van der Waals surface area contributed by atoms with Crippen LogP contribution in [0.4, 0.5) is 0 Å². The van der Waals surface area contributed by atoms with E-state index in [9.17, 15) is 9.36 Å². The quantitative estimate of drug-likeness (QED) is 0.426. The number of allylic oxidation sites excluding steroid dienone is 1. The molecule has 0 spiro atoms. The van der Waals surface area contributed by atoms with Gasteiger partial charge in [0.25, 0.3) is 0 Å². The molecule has 6 heteroatoms. The third-order valence-electron chi connectivity index (χ3n) is 1.30. The van der Waals surface area contributed by atoms with Crippen LogP contribution in [0.2, 0.25) is 0 Å². The van der Waals surface area contributed by atoms with Crippen molar-refractivity contribution in [2.75, 3.05) is 0 Å². The van der Waals surface area contributed by atoms with Gasteiger partial charge in [0.15, 0.2) is 0 Å². The zero-order chi connectivity index (χ0) is 9.23. The molecule has 0 aromatic carbocycles. The number of carboxylic acid groups (broad SMARTS) is 1. The van der Waals surface area contributed by atoms with E-state index in [4.69, 9.17) is 14.9 Å². The first-order valence-corrected chi connectivity index (χ1v) is 4.35. The lowest BCUT2D eigenvalue weighted by Gasteiger charge is -2.04. The van der Waals surface area contributed by atoms with E-state index in [-0.39, 0.29) is 5.57 Å². The highest BCUT2D eigenvalue weighted by atomic mass is 31.2. The smallest absolute Gasteiger partial charge is 0.352 e. The lowest BCUT2D eigenvalue weighted by molar-refractivity contribution is -0.132. The van der Waals surface area contributed by atoms with Crippen LogP contribution < -0.4 is 0 Å². The highest BCUT2D eigenvalue weighted by molar-refractivity contribution is 7.56. The topological polar surface area (TPSA) is 94.8 Å². The van der Waals surface area contributed by atoms with Crippen molar-refractivity contribution in [2.45, 2.75) is 13.8 Å². The van der Waals surface area contributed by atoms with Gasteiger partial charge in [-0.15, -0.1) is 0 Å². The Labute approximate surface area is 63.5 Å². The zero-order valence-electron chi connectivity index (χ0n) is 6.11. The lowest BCUT2D eigenvalue weighted by Crippen LogP contribution is -1.99. The Balaban J connectivity index is 4.99. The molecule has 0 atom stereocenters. The molecule has 0 saturated carbocycles. The van der Waals surface area contributed by atoms with Crippen molar-refractivity contribution in [3.8, 4) is 0 Å². The molecule has 5 nitrogen and oxygen atoms in total. The Morgan fingerprint density at radius 2 is 1.64 bits per heavy atom. The van der Waals surface area contributed by atoms with Crippen LogP contribution in [0, 0.1) is 0 Å². The monoisotopic (exact) mass is 180 g/mol. The van der Waals surface area contributed by atoms with Crippen molar-refractivity contribution in [1.29, 1.82) is 0 Å². The highest BCUT2D eigenvalue weighted by Crippen LogP contribution is 2.45. The number of aliphatic carboxylic acids is 1. The second kappa shape index (κ2) is 3.17. The van der Waals surface area contributed by atoms with Crippen LogP contribution in [0.1, 0.15) is 13.8 Å². The van der Waals surface area contributed by atoms with Gasteiger partial charge >= 0.3 is 13.6 Å². The Hall–Kier alpha value is -0.640. The molecule has 0 aliphatic carbocycles. The van der Waals surface area contributed by atoms with E-state index in [2.05, 4.69) is 0 Å². The second-order valence-electron chi connectivity index (χ2n) is 2.06. The molecule has 0 heterocycles. The van der Waals surface area contributed by atoms with Gasteiger partial charge < -0.3 is 14.9 Å². The summed E-state index contributed by atoms with van der Waals surface area (Å²) in [7, 11) is -4.37. The first-order valence-electron chi connectivity index (χ1n) is 2.73. The van der Waals surface area contributed by atoms with Gasteiger partial charge in [0.1, 0.15) is 0 Å². The van der Waals surface area contributed by atoms with Crippen LogP contribution >= 0.6 is 7.60 Å². The van der Waals surface area contributed by atoms with Crippen LogP contribution in [-0.4, -0.2) is 20.9 Å². The fourth-order valence-electron chi connectivity index (χ4n) is 0.373. The number of hydrogen-bond donors (Lipinski definition) is 3. The van der Waals surface area contributed by atoms with Crippen LogP contribution in [-0.2, 0) is 9.36 Å². The third-order valence-corrected chi connectivity index (χ3v) is 2.51. The molecule has 11 heavy (non-hydrogen) atoms. The largest absolute Gasteiger partial charge is 0.478 e. The van der Waals surface area contributed by atoms with Gasteiger partial charge in [0, 0.05) is 10.9 Å². The number of hydrogen-bond acceptors (Lipinski definition) is 2. The predicted molar refractivity (Wildman–Crippen MR) is 38.1 cm³/mol. The summed E-state index contributed by atoms with van der Waals surface area (Å²) in [6, 6.07) is 0. The molecule has 64 valence electrons. The van der Waals surface area contributed by atoms with Gasteiger partial charge in [-0.05, 0) is 13.8 Å². The van der Waals surface area contributed by atoms with E-state index in [1.54, 1.807) is 0 Å². The van der Waals surface area contributed by atoms with Gasteiger partial charge in [0.2, 0.25) is 0 Å². The maximum Gasteiger partial charge on any atom is 0.352 e. The Morgan fingerprint density at radius 3 is 1.73 bits per heavy atom. The predicted octanol–water partition coefficient (Wildman–Crippen LogP) is 0.543. The number of rotatable bonds is 2. The molecule has 0 bridgehead atoms. The Morgan fingerprint density at radius 1 is 1.27 bits per heavy atom. The summed E-state index contributed by atoms with van der Waals surface area (Å²) in [6.45, 7) is 2.25. The molecule has 0 radical (unpaired) electrons. The van der Waals surface area contributed by atoms with E-state index in [1.165, 1.54) is 0 Å². The number of carbonyl (C=O) groups is 1. The summed E-state index contributed by atoms with van der Waals surface area (Å²) < 4.78 is 10.5. The standard InChI is InChI=1S/C5H9O5P/c1-3(5(6)7)4(2)11(8,9)10/h1-2H3,(H,6,7)(H2,8,9,10)/b4-3+. The first kappa shape index (κ1) is 10.4. The summed E-state index contributed by atoms with van der Waals surface area (Å²) in [4.78, 5) is 27.2. The lowest BCUT2D eigenvalue weighted by atomic mass is 10.3. The molecule has 0 aliphatic rings. The normalized spacial score (nSPS) is 14.2. The minimum atomic E-state index is -4.37. The van der Waals surface area contributed by atoms with Gasteiger partial charge in [-0.3, -0.25) is 4.57 Å². The van der Waals surface area contributed by atoms with Crippen LogP contribution in [0.15, 0.2) is 10.9 Å². The maximum atomic E-state index is 10.5. The third kappa shape index (κ3) is 2.84.